The molecule has 0 bridgehead atoms. The van der Waals surface area contributed by atoms with Crippen LogP contribution < -0.4 is 5.56 Å². The Kier molecular flexibility index (Phi) is 5.43. The zero-order valence-electron chi connectivity index (χ0n) is 16.7. The topological polar surface area (TPSA) is 73.8 Å². The normalized spacial score (nSPS) is 11.2. The minimum absolute atomic E-state index is 0.125. The van der Waals surface area contributed by atoms with E-state index < -0.39 is 17.2 Å². The van der Waals surface area contributed by atoms with E-state index in [1.54, 1.807) is 24.3 Å². The average molecular weight is 466 g/mol. The molecule has 0 saturated heterocycles. The number of aromatic nitrogens is 4. The SMILES string of the molecule is O=c1c2ccccc2nc(SCc2nc(-c3ccc(F)cc3)no2)n1-c1ccc(F)cc1F. The van der Waals surface area contributed by atoms with Gasteiger partial charge in [0, 0.05) is 11.6 Å². The number of benzene rings is 3. The van der Waals surface area contributed by atoms with E-state index in [0.29, 0.717) is 22.5 Å². The Hall–Kier alpha value is -3.92. The van der Waals surface area contributed by atoms with E-state index in [4.69, 9.17) is 4.52 Å². The molecule has 164 valence electrons. The summed E-state index contributed by atoms with van der Waals surface area (Å²) in [5, 5.41) is 4.35. The number of para-hydroxylation sites is 1. The number of thioether (sulfide) groups is 1. The van der Waals surface area contributed by atoms with Crippen molar-refractivity contribution in [2.24, 2.45) is 0 Å². The summed E-state index contributed by atoms with van der Waals surface area (Å²) in [6.45, 7) is 0. The Morgan fingerprint density at radius 1 is 0.909 bits per heavy atom. The molecule has 0 aliphatic heterocycles. The van der Waals surface area contributed by atoms with Gasteiger partial charge in [-0.25, -0.2) is 18.2 Å². The Labute approximate surface area is 188 Å². The summed E-state index contributed by atoms with van der Waals surface area (Å²) < 4.78 is 47.5. The summed E-state index contributed by atoms with van der Waals surface area (Å²) in [6, 6.07) is 15.3. The third kappa shape index (κ3) is 4.12. The lowest BCUT2D eigenvalue weighted by Crippen LogP contribution is -2.22. The van der Waals surface area contributed by atoms with Crippen molar-refractivity contribution in [2.75, 3.05) is 0 Å². The summed E-state index contributed by atoms with van der Waals surface area (Å²) in [7, 11) is 0. The molecule has 0 spiro atoms. The molecule has 2 heterocycles. The summed E-state index contributed by atoms with van der Waals surface area (Å²) in [4.78, 5) is 22.0. The van der Waals surface area contributed by atoms with Crippen LogP contribution in [0.15, 0.2) is 81.2 Å². The second-order valence-corrected chi connectivity index (χ2v) is 7.90. The highest BCUT2D eigenvalue weighted by Crippen LogP contribution is 2.26. The van der Waals surface area contributed by atoms with E-state index >= 15 is 0 Å². The molecule has 0 saturated carbocycles. The number of hydrogen-bond acceptors (Lipinski definition) is 6. The van der Waals surface area contributed by atoms with Gasteiger partial charge in [-0.05, 0) is 48.5 Å². The lowest BCUT2D eigenvalue weighted by atomic mass is 10.2. The van der Waals surface area contributed by atoms with Gasteiger partial charge in [-0.15, -0.1) is 0 Å². The van der Waals surface area contributed by atoms with Crippen molar-refractivity contribution in [1.29, 1.82) is 0 Å². The van der Waals surface area contributed by atoms with Gasteiger partial charge in [0.15, 0.2) is 5.16 Å². The lowest BCUT2D eigenvalue weighted by molar-refractivity contribution is 0.391. The van der Waals surface area contributed by atoms with E-state index in [1.165, 1.54) is 30.3 Å². The molecule has 0 N–H and O–H groups in total. The summed E-state index contributed by atoms with van der Waals surface area (Å²) in [5.74, 6) is -1.40. The maximum absolute atomic E-state index is 14.6. The maximum atomic E-state index is 14.6. The summed E-state index contributed by atoms with van der Waals surface area (Å²) in [5.41, 5.74) is 0.387. The standard InChI is InChI=1S/C23H13F3N4O2S/c24-14-7-5-13(6-8-14)21-28-20(32-29-21)12-33-23-27-18-4-2-1-3-16(18)22(31)30(23)19-10-9-15(25)11-17(19)26/h1-11H,12H2. The second kappa shape index (κ2) is 8.55. The van der Waals surface area contributed by atoms with E-state index in [0.717, 1.165) is 22.4 Å². The highest BCUT2D eigenvalue weighted by Gasteiger charge is 2.18. The molecule has 0 aliphatic rings. The zero-order valence-corrected chi connectivity index (χ0v) is 17.5. The molecule has 3 aromatic carbocycles. The number of rotatable bonds is 5. The third-order valence-electron chi connectivity index (χ3n) is 4.79. The van der Waals surface area contributed by atoms with Crippen molar-refractivity contribution in [2.45, 2.75) is 10.9 Å². The molecule has 0 unspecified atom stereocenters. The minimum Gasteiger partial charge on any atom is -0.338 e. The van der Waals surface area contributed by atoms with Gasteiger partial charge in [0.1, 0.15) is 17.5 Å². The highest BCUT2D eigenvalue weighted by molar-refractivity contribution is 7.98. The van der Waals surface area contributed by atoms with Gasteiger partial charge < -0.3 is 4.52 Å². The summed E-state index contributed by atoms with van der Waals surface area (Å²) >= 11 is 1.08. The summed E-state index contributed by atoms with van der Waals surface area (Å²) in [6.07, 6.45) is 0. The van der Waals surface area contributed by atoms with E-state index in [1.807, 2.05) is 0 Å². The fourth-order valence-electron chi connectivity index (χ4n) is 3.24. The van der Waals surface area contributed by atoms with Crippen LogP contribution in [-0.4, -0.2) is 19.7 Å². The molecular weight excluding hydrogens is 453 g/mol. The quantitative estimate of drug-likeness (QED) is 0.264. The second-order valence-electron chi connectivity index (χ2n) is 6.96. The zero-order chi connectivity index (χ0) is 22.9. The first kappa shape index (κ1) is 21.0. The predicted molar refractivity (Wildman–Crippen MR) is 117 cm³/mol. The Balaban J connectivity index is 1.53. The molecule has 2 aromatic heterocycles. The molecule has 0 fully saturated rings. The third-order valence-corrected chi connectivity index (χ3v) is 5.71. The predicted octanol–water partition coefficient (Wildman–Crippen LogP) is 5.15. The Morgan fingerprint density at radius 2 is 1.67 bits per heavy atom. The van der Waals surface area contributed by atoms with Crippen molar-refractivity contribution in [3.8, 4) is 17.1 Å². The van der Waals surface area contributed by atoms with Crippen molar-refractivity contribution in [1.82, 2.24) is 19.7 Å². The van der Waals surface area contributed by atoms with Gasteiger partial charge in [-0.1, -0.05) is 29.1 Å². The average Bonchev–Trinajstić information content (AvgIpc) is 3.28. The van der Waals surface area contributed by atoms with Crippen molar-refractivity contribution < 1.29 is 17.7 Å². The van der Waals surface area contributed by atoms with E-state index in [2.05, 4.69) is 15.1 Å². The van der Waals surface area contributed by atoms with Crippen molar-refractivity contribution >= 4 is 22.7 Å². The first-order valence-corrected chi connectivity index (χ1v) is 10.7. The molecule has 5 aromatic rings. The molecule has 6 nitrogen and oxygen atoms in total. The van der Waals surface area contributed by atoms with Crippen molar-refractivity contribution in [3.63, 3.8) is 0 Å². The van der Waals surface area contributed by atoms with Crippen LogP contribution in [0, 0.1) is 17.5 Å². The van der Waals surface area contributed by atoms with Crippen LogP contribution in [0.1, 0.15) is 5.89 Å². The van der Waals surface area contributed by atoms with E-state index in [9.17, 15) is 18.0 Å². The maximum Gasteiger partial charge on any atom is 0.266 e. The molecule has 0 atom stereocenters. The molecule has 0 amide bonds. The first-order chi connectivity index (χ1) is 16.0. The fraction of sp³-hybridized carbons (Fsp3) is 0.0435. The van der Waals surface area contributed by atoms with Crippen LogP contribution in [0.5, 0.6) is 0 Å². The van der Waals surface area contributed by atoms with Gasteiger partial charge in [-0.3, -0.25) is 9.36 Å². The van der Waals surface area contributed by atoms with Gasteiger partial charge in [0.05, 0.1) is 22.3 Å². The van der Waals surface area contributed by atoms with Crippen LogP contribution in [0.4, 0.5) is 13.2 Å². The largest absolute Gasteiger partial charge is 0.338 e. The smallest absolute Gasteiger partial charge is 0.266 e. The molecule has 10 heteroatoms. The van der Waals surface area contributed by atoms with Gasteiger partial charge >= 0.3 is 0 Å². The first-order valence-electron chi connectivity index (χ1n) is 9.68. The van der Waals surface area contributed by atoms with Crippen LogP contribution in [0.2, 0.25) is 0 Å². The van der Waals surface area contributed by atoms with Gasteiger partial charge in [0.25, 0.3) is 5.56 Å². The lowest BCUT2D eigenvalue weighted by Gasteiger charge is -2.13. The monoisotopic (exact) mass is 466 g/mol. The van der Waals surface area contributed by atoms with Crippen LogP contribution in [-0.2, 0) is 5.75 Å². The van der Waals surface area contributed by atoms with Crippen LogP contribution >= 0.6 is 11.8 Å². The van der Waals surface area contributed by atoms with Crippen LogP contribution in [0.3, 0.4) is 0 Å². The van der Waals surface area contributed by atoms with Gasteiger partial charge in [0.2, 0.25) is 11.7 Å². The number of hydrogen-bond donors (Lipinski definition) is 0. The Bertz CT molecular complexity index is 1530. The fourth-order valence-corrected chi connectivity index (χ4v) is 4.08. The highest BCUT2D eigenvalue weighted by atomic mass is 32.2. The minimum atomic E-state index is -0.896. The molecule has 33 heavy (non-hydrogen) atoms. The molecule has 5 rings (SSSR count). The number of fused-ring (bicyclic) bond motifs is 1. The van der Waals surface area contributed by atoms with E-state index in [-0.39, 0.29) is 34.1 Å². The Morgan fingerprint density at radius 3 is 2.45 bits per heavy atom. The van der Waals surface area contributed by atoms with Crippen molar-refractivity contribution in [3.05, 3.63) is 100 Å². The van der Waals surface area contributed by atoms with Crippen LogP contribution in [0.25, 0.3) is 28.0 Å². The van der Waals surface area contributed by atoms with Gasteiger partial charge in [-0.2, -0.15) is 4.98 Å². The molecular formula is C23H13F3N4O2S. The number of halogens is 3. The number of nitrogens with zero attached hydrogens (tertiary/aromatic N) is 4. The molecule has 0 aliphatic carbocycles. The molecule has 0 radical (unpaired) electrons.